The van der Waals surface area contributed by atoms with Crippen LogP contribution in [0, 0.1) is 0 Å². The van der Waals surface area contributed by atoms with E-state index in [2.05, 4.69) is 35.3 Å². The van der Waals surface area contributed by atoms with Crippen molar-refractivity contribution in [2.75, 3.05) is 32.8 Å². The molecule has 0 saturated carbocycles. The van der Waals surface area contributed by atoms with E-state index < -0.39 is 0 Å². The van der Waals surface area contributed by atoms with E-state index in [4.69, 9.17) is 4.74 Å². The number of ether oxygens (including phenoxy) is 1. The Balaban J connectivity index is 0.00000121. The van der Waals surface area contributed by atoms with Crippen LogP contribution in [-0.2, 0) is 6.42 Å². The van der Waals surface area contributed by atoms with Crippen LogP contribution in [0.1, 0.15) is 43.4 Å². The molecule has 2 aliphatic heterocycles. The van der Waals surface area contributed by atoms with E-state index in [1.54, 1.807) is 0 Å². The van der Waals surface area contributed by atoms with Crippen molar-refractivity contribution in [3.8, 4) is 5.75 Å². The van der Waals surface area contributed by atoms with Crippen molar-refractivity contribution in [3.05, 3.63) is 29.3 Å². The standard InChI is InChI=1S/C17H26N2O.2ClH/c1-2-3-4-16(19-10-8-18-9-11-19)14-5-6-17-15(13-14)7-12-20-17;;/h5-6,13,16,18H,2-4,7-12H2,1H3;2*1H/t16-;;/m0../s1. The third-order valence-electron chi connectivity index (χ3n) is 4.52. The van der Waals surface area contributed by atoms with Crippen molar-refractivity contribution in [2.24, 2.45) is 0 Å². The van der Waals surface area contributed by atoms with Gasteiger partial charge in [-0.25, -0.2) is 0 Å². The lowest BCUT2D eigenvalue weighted by atomic mass is 9.96. The second kappa shape index (κ2) is 9.61. The van der Waals surface area contributed by atoms with E-state index in [0.717, 1.165) is 31.9 Å². The Bertz CT molecular complexity index is 450. The maximum atomic E-state index is 5.64. The first-order chi connectivity index (χ1) is 9.88. The molecule has 3 rings (SSSR count). The Morgan fingerprint density at radius 3 is 2.73 bits per heavy atom. The summed E-state index contributed by atoms with van der Waals surface area (Å²) in [5.74, 6) is 1.10. The molecule has 1 aromatic rings. The summed E-state index contributed by atoms with van der Waals surface area (Å²) in [6, 6.07) is 7.44. The molecule has 2 aliphatic rings. The first-order valence-electron chi connectivity index (χ1n) is 8.09. The van der Waals surface area contributed by atoms with Crippen molar-refractivity contribution in [1.29, 1.82) is 0 Å². The number of benzene rings is 1. The van der Waals surface area contributed by atoms with E-state index in [9.17, 15) is 0 Å². The molecule has 0 unspecified atom stereocenters. The predicted molar refractivity (Wildman–Crippen MR) is 96.8 cm³/mol. The minimum atomic E-state index is 0. The highest BCUT2D eigenvalue weighted by molar-refractivity contribution is 5.85. The molecule has 22 heavy (non-hydrogen) atoms. The number of piperazine rings is 1. The third-order valence-corrected chi connectivity index (χ3v) is 4.52. The molecule has 5 heteroatoms. The van der Waals surface area contributed by atoms with Gasteiger partial charge in [0.1, 0.15) is 5.75 Å². The summed E-state index contributed by atoms with van der Waals surface area (Å²) in [5, 5.41) is 3.46. The quantitative estimate of drug-likeness (QED) is 0.881. The monoisotopic (exact) mass is 346 g/mol. The van der Waals surface area contributed by atoms with E-state index >= 15 is 0 Å². The molecule has 0 aliphatic carbocycles. The zero-order chi connectivity index (χ0) is 13.8. The maximum Gasteiger partial charge on any atom is 0.122 e. The average Bonchev–Trinajstić information content (AvgIpc) is 2.96. The molecule has 3 nitrogen and oxygen atoms in total. The van der Waals surface area contributed by atoms with Crippen LogP contribution >= 0.6 is 24.8 Å². The van der Waals surface area contributed by atoms with Gasteiger partial charge < -0.3 is 10.1 Å². The number of nitrogens with zero attached hydrogens (tertiary/aromatic N) is 1. The Morgan fingerprint density at radius 2 is 2.00 bits per heavy atom. The van der Waals surface area contributed by atoms with E-state index in [1.165, 1.54) is 43.5 Å². The highest BCUT2D eigenvalue weighted by atomic mass is 35.5. The van der Waals surface area contributed by atoms with Crippen LogP contribution in [-0.4, -0.2) is 37.7 Å². The fourth-order valence-electron chi connectivity index (χ4n) is 3.37. The Labute approximate surface area is 146 Å². The fourth-order valence-corrected chi connectivity index (χ4v) is 3.37. The molecular weight excluding hydrogens is 319 g/mol. The van der Waals surface area contributed by atoms with Crippen molar-refractivity contribution >= 4 is 24.8 Å². The molecule has 1 N–H and O–H groups in total. The highest BCUT2D eigenvalue weighted by Crippen LogP contribution is 2.32. The number of nitrogens with one attached hydrogen (secondary N) is 1. The van der Waals surface area contributed by atoms with Crippen LogP contribution in [0.4, 0.5) is 0 Å². The van der Waals surface area contributed by atoms with Crippen LogP contribution < -0.4 is 10.1 Å². The number of unbranched alkanes of at least 4 members (excludes halogenated alkanes) is 1. The summed E-state index contributed by atoms with van der Waals surface area (Å²) in [7, 11) is 0. The lowest BCUT2D eigenvalue weighted by molar-refractivity contribution is 0.163. The average molecular weight is 347 g/mol. The number of fused-ring (bicyclic) bond motifs is 1. The molecular formula is C17H28Cl2N2O. The van der Waals surface area contributed by atoms with Crippen LogP contribution in [0.25, 0.3) is 0 Å². The first-order valence-corrected chi connectivity index (χ1v) is 8.09. The lowest BCUT2D eigenvalue weighted by Gasteiger charge is -2.35. The molecule has 1 aromatic carbocycles. The molecule has 1 fully saturated rings. The number of hydrogen-bond acceptors (Lipinski definition) is 3. The van der Waals surface area contributed by atoms with Crippen LogP contribution in [0.15, 0.2) is 18.2 Å². The second-order valence-electron chi connectivity index (χ2n) is 5.91. The molecule has 2 heterocycles. The van der Waals surface area contributed by atoms with Gasteiger partial charge in [0.05, 0.1) is 6.61 Å². The molecule has 1 atom stereocenters. The minimum Gasteiger partial charge on any atom is -0.493 e. The number of halogens is 2. The van der Waals surface area contributed by atoms with Gasteiger partial charge in [-0.2, -0.15) is 0 Å². The molecule has 126 valence electrons. The zero-order valence-electron chi connectivity index (χ0n) is 13.3. The normalized spacial score (nSPS) is 18.6. The van der Waals surface area contributed by atoms with Gasteiger partial charge in [0, 0.05) is 38.6 Å². The fraction of sp³-hybridized carbons (Fsp3) is 0.647. The summed E-state index contributed by atoms with van der Waals surface area (Å²) in [6.07, 6.45) is 4.93. The Kier molecular flexibility index (Phi) is 8.55. The number of rotatable bonds is 5. The van der Waals surface area contributed by atoms with Gasteiger partial charge in [0.25, 0.3) is 0 Å². The summed E-state index contributed by atoms with van der Waals surface area (Å²) in [5.41, 5.74) is 2.89. The Hall–Kier alpha value is -0.480. The van der Waals surface area contributed by atoms with Crippen molar-refractivity contribution in [2.45, 2.75) is 38.6 Å². The molecule has 0 amide bonds. The van der Waals surface area contributed by atoms with Gasteiger partial charge in [-0.1, -0.05) is 31.9 Å². The second-order valence-corrected chi connectivity index (χ2v) is 5.91. The van der Waals surface area contributed by atoms with Crippen molar-refractivity contribution in [1.82, 2.24) is 10.2 Å². The van der Waals surface area contributed by atoms with Crippen LogP contribution in [0.5, 0.6) is 5.75 Å². The molecule has 1 saturated heterocycles. The summed E-state index contributed by atoms with van der Waals surface area (Å²) in [6.45, 7) is 7.72. The van der Waals surface area contributed by atoms with Crippen molar-refractivity contribution < 1.29 is 4.74 Å². The van der Waals surface area contributed by atoms with Gasteiger partial charge in [-0.15, -0.1) is 24.8 Å². The summed E-state index contributed by atoms with van der Waals surface area (Å²) in [4.78, 5) is 2.66. The summed E-state index contributed by atoms with van der Waals surface area (Å²) < 4.78 is 5.64. The van der Waals surface area contributed by atoms with Gasteiger partial charge in [-0.3, -0.25) is 4.90 Å². The Morgan fingerprint density at radius 1 is 1.23 bits per heavy atom. The maximum absolute atomic E-state index is 5.64. The minimum absolute atomic E-state index is 0. The smallest absolute Gasteiger partial charge is 0.122 e. The highest BCUT2D eigenvalue weighted by Gasteiger charge is 2.23. The van der Waals surface area contributed by atoms with Gasteiger partial charge in [0.2, 0.25) is 0 Å². The van der Waals surface area contributed by atoms with Gasteiger partial charge >= 0.3 is 0 Å². The lowest BCUT2D eigenvalue weighted by Crippen LogP contribution is -2.45. The first kappa shape index (κ1) is 19.6. The van der Waals surface area contributed by atoms with E-state index in [-0.39, 0.29) is 24.8 Å². The summed E-state index contributed by atoms with van der Waals surface area (Å²) >= 11 is 0. The molecule has 0 aromatic heterocycles. The van der Waals surface area contributed by atoms with Gasteiger partial charge in [-0.05, 0) is 23.6 Å². The topological polar surface area (TPSA) is 24.5 Å². The molecule has 0 radical (unpaired) electrons. The zero-order valence-corrected chi connectivity index (χ0v) is 15.0. The van der Waals surface area contributed by atoms with Crippen LogP contribution in [0.2, 0.25) is 0 Å². The van der Waals surface area contributed by atoms with Crippen LogP contribution in [0.3, 0.4) is 0 Å². The van der Waals surface area contributed by atoms with Crippen molar-refractivity contribution in [3.63, 3.8) is 0 Å². The predicted octanol–water partition coefficient (Wildman–Crippen LogP) is 3.60. The SMILES string of the molecule is CCCC[C@@H](c1ccc2c(c1)CCO2)N1CCNCC1.Cl.Cl. The number of hydrogen-bond donors (Lipinski definition) is 1. The third kappa shape index (κ3) is 4.51. The van der Waals surface area contributed by atoms with E-state index in [0.29, 0.717) is 6.04 Å². The van der Waals surface area contributed by atoms with Gasteiger partial charge in [0.15, 0.2) is 0 Å². The van der Waals surface area contributed by atoms with E-state index in [1.807, 2.05) is 0 Å². The molecule has 0 spiro atoms. The molecule has 0 bridgehead atoms. The largest absolute Gasteiger partial charge is 0.493 e.